The van der Waals surface area contributed by atoms with Crippen LogP contribution in [0.1, 0.15) is 5.69 Å². The van der Waals surface area contributed by atoms with Gasteiger partial charge in [-0.15, -0.1) is 0 Å². The monoisotopic (exact) mass is 289 g/mol. The Morgan fingerprint density at radius 1 is 1.50 bits per heavy atom. The van der Waals surface area contributed by atoms with Gasteiger partial charge in [0.2, 0.25) is 0 Å². The van der Waals surface area contributed by atoms with Crippen LogP contribution in [0.25, 0.3) is 0 Å². The minimum atomic E-state index is 0.103. The Kier molecular flexibility index (Phi) is 3.57. The van der Waals surface area contributed by atoms with Crippen LogP contribution in [0.5, 0.6) is 5.75 Å². The third kappa shape index (κ3) is 2.50. The molecular weight excluding hydrogens is 286 g/mol. The highest BCUT2D eigenvalue weighted by atomic mass is 79.9. The molecule has 62 valence electrons. The van der Waals surface area contributed by atoms with Gasteiger partial charge in [0.25, 0.3) is 0 Å². The van der Waals surface area contributed by atoms with E-state index in [-0.39, 0.29) is 5.75 Å². The molecule has 0 amide bonds. The molecule has 1 aromatic heterocycles. The minimum absolute atomic E-state index is 0.103. The number of aromatic nitrogens is 1. The van der Waals surface area contributed by atoms with Gasteiger partial charge in [-0.3, -0.25) is 0 Å². The van der Waals surface area contributed by atoms with Crippen LogP contribution in [-0.4, -0.2) is 15.4 Å². The summed E-state index contributed by atoms with van der Waals surface area (Å²) in [5.41, 5.74) is 0.392. The van der Waals surface area contributed by atoms with E-state index in [1.165, 1.54) is 0 Å². The Balaban J connectivity index is 3.05. The molecule has 1 N–H and O–H groups in total. The largest absolute Gasteiger partial charge is 0.505 e. The SMILES string of the molecule is Oc1ccc(Br)nc1C#CCBr. The third-order valence-corrected chi connectivity index (χ3v) is 1.84. The van der Waals surface area contributed by atoms with Gasteiger partial charge in [-0.2, -0.15) is 0 Å². The van der Waals surface area contributed by atoms with E-state index in [1.807, 2.05) is 0 Å². The van der Waals surface area contributed by atoms with E-state index in [2.05, 4.69) is 48.7 Å². The maximum absolute atomic E-state index is 9.26. The van der Waals surface area contributed by atoms with E-state index in [0.717, 1.165) is 0 Å². The van der Waals surface area contributed by atoms with Gasteiger partial charge in [0.05, 0.1) is 5.33 Å². The van der Waals surface area contributed by atoms with Crippen molar-refractivity contribution >= 4 is 31.9 Å². The molecule has 1 rings (SSSR count). The number of pyridine rings is 1. The zero-order valence-corrected chi connectivity index (χ0v) is 9.18. The van der Waals surface area contributed by atoms with Gasteiger partial charge in [0.1, 0.15) is 10.4 Å². The van der Waals surface area contributed by atoms with E-state index in [0.29, 0.717) is 15.6 Å². The second-order valence-corrected chi connectivity index (χ2v) is 3.31. The van der Waals surface area contributed by atoms with Crippen molar-refractivity contribution in [1.29, 1.82) is 0 Å². The summed E-state index contributed by atoms with van der Waals surface area (Å²) < 4.78 is 0.666. The van der Waals surface area contributed by atoms with Crippen molar-refractivity contribution in [1.82, 2.24) is 4.98 Å². The molecule has 0 unspecified atom stereocenters. The molecule has 0 saturated carbocycles. The van der Waals surface area contributed by atoms with Crippen molar-refractivity contribution in [3.05, 3.63) is 22.4 Å². The Labute approximate surface area is 87.3 Å². The molecule has 0 bridgehead atoms. The normalized spacial score (nSPS) is 8.83. The summed E-state index contributed by atoms with van der Waals surface area (Å²) in [4.78, 5) is 3.98. The summed E-state index contributed by atoms with van der Waals surface area (Å²) in [5, 5.41) is 9.83. The van der Waals surface area contributed by atoms with Crippen LogP contribution in [0.15, 0.2) is 16.7 Å². The molecule has 0 radical (unpaired) electrons. The molecule has 0 atom stereocenters. The maximum atomic E-state index is 9.26. The molecule has 0 aliphatic heterocycles. The summed E-state index contributed by atoms with van der Waals surface area (Å²) in [6.45, 7) is 0. The van der Waals surface area contributed by atoms with E-state index in [1.54, 1.807) is 12.1 Å². The van der Waals surface area contributed by atoms with Crippen LogP contribution in [0.3, 0.4) is 0 Å². The fourth-order valence-corrected chi connectivity index (χ4v) is 1.09. The number of aromatic hydroxyl groups is 1. The minimum Gasteiger partial charge on any atom is -0.505 e. The number of hydrogen-bond donors (Lipinski definition) is 1. The molecule has 0 aliphatic carbocycles. The average molecular weight is 291 g/mol. The molecule has 0 spiro atoms. The van der Waals surface area contributed by atoms with Crippen molar-refractivity contribution in [2.24, 2.45) is 0 Å². The Hall–Kier alpha value is -0.530. The molecule has 12 heavy (non-hydrogen) atoms. The standard InChI is InChI=1S/C8H5Br2NO/c9-5-1-2-6-7(12)3-4-8(10)11-6/h3-4,12H,5H2. The second-order valence-electron chi connectivity index (χ2n) is 1.94. The van der Waals surface area contributed by atoms with Gasteiger partial charge < -0.3 is 5.11 Å². The van der Waals surface area contributed by atoms with E-state index in [4.69, 9.17) is 0 Å². The topological polar surface area (TPSA) is 33.1 Å². The zero-order chi connectivity index (χ0) is 8.97. The van der Waals surface area contributed by atoms with Crippen molar-refractivity contribution in [2.75, 3.05) is 5.33 Å². The predicted octanol–water partition coefficient (Wildman–Crippen LogP) is 2.30. The molecule has 0 aromatic carbocycles. The number of hydrogen-bond acceptors (Lipinski definition) is 2. The lowest BCUT2D eigenvalue weighted by atomic mass is 10.3. The molecule has 0 saturated heterocycles. The van der Waals surface area contributed by atoms with Gasteiger partial charge in [0, 0.05) is 0 Å². The number of nitrogens with zero attached hydrogens (tertiary/aromatic N) is 1. The van der Waals surface area contributed by atoms with Crippen molar-refractivity contribution in [3.63, 3.8) is 0 Å². The van der Waals surface area contributed by atoms with Crippen LogP contribution >= 0.6 is 31.9 Å². The van der Waals surface area contributed by atoms with Gasteiger partial charge in [-0.25, -0.2) is 4.98 Å². The van der Waals surface area contributed by atoms with Crippen LogP contribution in [-0.2, 0) is 0 Å². The summed E-state index contributed by atoms with van der Waals surface area (Å²) in [6, 6.07) is 3.21. The van der Waals surface area contributed by atoms with Gasteiger partial charge in [-0.05, 0) is 34.0 Å². The van der Waals surface area contributed by atoms with E-state index in [9.17, 15) is 5.11 Å². The number of alkyl halides is 1. The highest BCUT2D eigenvalue weighted by Crippen LogP contribution is 2.16. The van der Waals surface area contributed by atoms with Gasteiger partial charge in [0.15, 0.2) is 5.69 Å². The van der Waals surface area contributed by atoms with Crippen molar-refractivity contribution in [2.45, 2.75) is 0 Å². The summed E-state index contributed by atoms with van der Waals surface area (Å²) in [7, 11) is 0. The Bertz CT molecular complexity index is 341. The van der Waals surface area contributed by atoms with Gasteiger partial charge in [-0.1, -0.05) is 21.9 Å². The van der Waals surface area contributed by atoms with Crippen molar-refractivity contribution in [3.8, 4) is 17.6 Å². The van der Waals surface area contributed by atoms with E-state index >= 15 is 0 Å². The fourth-order valence-electron chi connectivity index (χ4n) is 0.637. The van der Waals surface area contributed by atoms with Gasteiger partial charge >= 0.3 is 0 Å². The summed E-state index contributed by atoms with van der Waals surface area (Å²) in [5.74, 6) is 5.57. The third-order valence-electron chi connectivity index (χ3n) is 1.11. The van der Waals surface area contributed by atoms with Crippen LogP contribution in [0.4, 0.5) is 0 Å². The lowest BCUT2D eigenvalue weighted by molar-refractivity contribution is 0.470. The van der Waals surface area contributed by atoms with Crippen LogP contribution < -0.4 is 0 Å². The first-order chi connectivity index (χ1) is 5.74. The zero-order valence-electron chi connectivity index (χ0n) is 6.01. The summed E-state index contributed by atoms with van der Waals surface area (Å²) in [6.07, 6.45) is 0. The molecule has 1 heterocycles. The average Bonchev–Trinajstić information content (AvgIpc) is 2.07. The molecule has 0 aliphatic rings. The smallest absolute Gasteiger partial charge is 0.156 e. The van der Waals surface area contributed by atoms with Crippen molar-refractivity contribution < 1.29 is 5.11 Å². The second kappa shape index (κ2) is 4.48. The lowest BCUT2D eigenvalue weighted by Crippen LogP contribution is -1.83. The highest BCUT2D eigenvalue weighted by Gasteiger charge is 1.98. The summed E-state index contributed by atoms with van der Waals surface area (Å²) >= 11 is 6.34. The fraction of sp³-hybridized carbons (Fsp3) is 0.125. The first-order valence-electron chi connectivity index (χ1n) is 3.14. The van der Waals surface area contributed by atoms with E-state index < -0.39 is 0 Å². The number of halogens is 2. The maximum Gasteiger partial charge on any atom is 0.156 e. The Morgan fingerprint density at radius 2 is 2.25 bits per heavy atom. The Morgan fingerprint density at radius 3 is 2.92 bits per heavy atom. The number of rotatable bonds is 0. The molecule has 1 aromatic rings. The first kappa shape index (κ1) is 9.56. The molecule has 0 fully saturated rings. The molecular formula is C8H5Br2NO. The first-order valence-corrected chi connectivity index (χ1v) is 5.06. The van der Waals surface area contributed by atoms with Crippen LogP contribution in [0.2, 0.25) is 0 Å². The quantitative estimate of drug-likeness (QED) is 0.452. The lowest BCUT2D eigenvalue weighted by Gasteiger charge is -1.95. The molecule has 4 heteroatoms. The highest BCUT2D eigenvalue weighted by molar-refractivity contribution is 9.10. The van der Waals surface area contributed by atoms with Crippen LogP contribution in [0, 0.1) is 11.8 Å². The molecule has 2 nitrogen and oxygen atoms in total. The predicted molar refractivity (Wildman–Crippen MR) is 54.3 cm³/mol.